The molecule has 0 spiro atoms. The third kappa shape index (κ3) is 3.39. The first-order chi connectivity index (χ1) is 7.75. The average Bonchev–Trinajstić information content (AvgIpc) is 2.76. The number of nitrogens with zero attached hydrogens (tertiary/aromatic N) is 1. The van der Waals surface area contributed by atoms with Gasteiger partial charge in [-0.2, -0.15) is 0 Å². The Morgan fingerprint density at radius 1 is 1.56 bits per heavy atom. The highest BCUT2D eigenvalue weighted by Gasteiger charge is 2.23. The summed E-state index contributed by atoms with van der Waals surface area (Å²) >= 11 is 1.87. The van der Waals surface area contributed by atoms with E-state index in [0.717, 1.165) is 30.7 Å². The maximum atomic E-state index is 5.46. The molecule has 2 aliphatic rings. The van der Waals surface area contributed by atoms with Crippen molar-refractivity contribution in [1.29, 1.82) is 0 Å². The Labute approximate surface area is 102 Å². The van der Waals surface area contributed by atoms with E-state index in [1.54, 1.807) is 0 Å². The van der Waals surface area contributed by atoms with Crippen LogP contribution in [-0.2, 0) is 4.74 Å². The first kappa shape index (κ1) is 12.2. The summed E-state index contributed by atoms with van der Waals surface area (Å²) in [7, 11) is 0. The Kier molecular flexibility index (Phi) is 4.53. The highest BCUT2D eigenvalue weighted by atomic mass is 32.2. The number of ether oxygens (including phenoxy) is 1. The minimum absolute atomic E-state index is 0.603. The van der Waals surface area contributed by atoms with Gasteiger partial charge in [0.15, 0.2) is 5.17 Å². The summed E-state index contributed by atoms with van der Waals surface area (Å²) in [6, 6.07) is 0.603. The number of nitrogens with one attached hydrogen (secondary N) is 1. The summed E-state index contributed by atoms with van der Waals surface area (Å²) in [5, 5.41) is 4.64. The molecule has 0 aromatic heterocycles. The van der Waals surface area contributed by atoms with Crippen LogP contribution in [0.15, 0.2) is 4.99 Å². The molecule has 2 atom stereocenters. The van der Waals surface area contributed by atoms with Crippen molar-refractivity contribution in [3.05, 3.63) is 0 Å². The maximum Gasteiger partial charge on any atom is 0.156 e. The predicted octanol–water partition coefficient (Wildman–Crippen LogP) is 2.13. The minimum atomic E-state index is 0.603. The molecule has 0 aliphatic carbocycles. The second kappa shape index (κ2) is 5.92. The highest BCUT2D eigenvalue weighted by molar-refractivity contribution is 8.14. The van der Waals surface area contributed by atoms with E-state index in [2.05, 4.69) is 24.2 Å². The lowest BCUT2D eigenvalue weighted by Crippen LogP contribution is -2.32. The van der Waals surface area contributed by atoms with Crippen LogP contribution in [0.2, 0.25) is 0 Å². The Morgan fingerprint density at radius 2 is 2.44 bits per heavy atom. The molecule has 2 aliphatic heterocycles. The lowest BCUT2D eigenvalue weighted by molar-refractivity contribution is 0.0582. The topological polar surface area (TPSA) is 33.6 Å². The van der Waals surface area contributed by atoms with Crippen LogP contribution >= 0.6 is 11.8 Å². The maximum absolute atomic E-state index is 5.46. The van der Waals surface area contributed by atoms with Gasteiger partial charge < -0.3 is 10.1 Å². The Bertz CT molecular complexity index is 249. The number of rotatable bonds is 3. The second-order valence-corrected chi connectivity index (χ2v) is 6.04. The van der Waals surface area contributed by atoms with Crippen LogP contribution in [0.1, 0.15) is 26.7 Å². The number of thioether (sulfide) groups is 1. The summed E-state index contributed by atoms with van der Waals surface area (Å²) in [5.41, 5.74) is 0. The number of amidine groups is 1. The van der Waals surface area contributed by atoms with E-state index in [0.29, 0.717) is 17.9 Å². The van der Waals surface area contributed by atoms with Crippen LogP contribution in [0, 0.1) is 11.8 Å². The monoisotopic (exact) mass is 242 g/mol. The van der Waals surface area contributed by atoms with Crippen LogP contribution in [0.5, 0.6) is 0 Å². The van der Waals surface area contributed by atoms with Gasteiger partial charge in [0.25, 0.3) is 0 Å². The van der Waals surface area contributed by atoms with E-state index in [1.807, 2.05) is 11.8 Å². The molecule has 0 saturated carbocycles. The molecule has 0 aromatic rings. The van der Waals surface area contributed by atoms with Crippen LogP contribution in [0.25, 0.3) is 0 Å². The van der Waals surface area contributed by atoms with Crippen molar-refractivity contribution in [2.75, 3.05) is 25.5 Å². The van der Waals surface area contributed by atoms with E-state index in [4.69, 9.17) is 4.74 Å². The van der Waals surface area contributed by atoms with Crippen molar-refractivity contribution in [2.45, 2.75) is 32.7 Å². The minimum Gasteiger partial charge on any atom is -0.381 e. The summed E-state index contributed by atoms with van der Waals surface area (Å²) in [6.45, 7) is 7.29. The summed E-state index contributed by atoms with van der Waals surface area (Å²) < 4.78 is 5.46. The lowest BCUT2D eigenvalue weighted by Gasteiger charge is -2.20. The van der Waals surface area contributed by atoms with Gasteiger partial charge in [-0.05, 0) is 18.8 Å². The molecule has 0 aromatic carbocycles. The van der Waals surface area contributed by atoms with E-state index < -0.39 is 0 Å². The van der Waals surface area contributed by atoms with E-state index in [9.17, 15) is 0 Å². The molecule has 1 unspecified atom stereocenters. The van der Waals surface area contributed by atoms with Crippen LogP contribution in [-0.4, -0.2) is 36.7 Å². The third-order valence-electron chi connectivity index (χ3n) is 3.26. The molecule has 0 radical (unpaired) electrons. The van der Waals surface area contributed by atoms with Crippen molar-refractivity contribution >= 4 is 16.9 Å². The first-order valence-electron chi connectivity index (χ1n) is 6.27. The summed E-state index contributed by atoms with van der Waals surface area (Å²) in [6.07, 6.45) is 2.47. The zero-order chi connectivity index (χ0) is 11.4. The van der Waals surface area contributed by atoms with Gasteiger partial charge in [0.2, 0.25) is 0 Å². The molecule has 92 valence electrons. The standard InChI is InChI=1S/C12H22N2OS/c1-9(2)11-8-16-12(14-11)13-6-10-4-3-5-15-7-10/h9-11H,3-8H2,1-2H3,(H,13,14)/t10?,11-/m1/s1. The zero-order valence-corrected chi connectivity index (χ0v) is 11.1. The van der Waals surface area contributed by atoms with Gasteiger partial charge >= 0.3 is 0 Å². The third-order valence-corrected chi connectivity index (χ3v) is 4.31. The smallest absolute Gasteiger partial charge is 0.156 e. The molecule has 2 heterocycles. The van der Waals surface area contributed by atoms with Crippen molar-refractivity contribution in [2.24, 2.45) is 16.8 Å². The molecule has 1 N–H and O–H groups in total. The van der Waals surface area contributed by atoms with Crippen molar-refractivity contribution in [3.8, 4) is 0 Å². The molecular formula is C12H22N2OS. The van der Waals surface area contributed by atoms with Crippen molar-refractivity contribution < 1.29 is 4.74 Å². The second-order valence-electron chi connectivity index (χ2n) is 5.03. The van der Waals surface area contributed by atoms with Gasteiger partial charge in [0, 0.05) is 30.9 Å². The summed E-state index contributed by atoms with van der Waals surface area (Å²) in [5.74, 6) is 2.50. The van der Waals surface area contributed by atoms with Gasteiger partial charge in [-0.25, -0.2) is 0 Å². The molecule has 3 nitrogen and oxygen atoms in total. The predicted molar refractivity (Wildman–Crippen MR) is 70.1 cm³/mol. The number of hydrogen-bond donors (Lipinski definition) is 1. The van der Waals surface area contributed by atoms with Gasteiger partial charge in [0.1, 0.15) is 0 Å². The molecule has 16 heavy (non-hydrogen) atoms. The molecule has 2 saturated heterocycles. The number of hydrogen-bond acceptors (Lipinski definition) is 3. The van der Waals surface area contributed by atoms with Crippen LogP contribution in [0.4, 0.5) is 0 Å². The molecule has 4 heteroatoms. The molecular weight excluding hydrogens is 220 g/mol. The molecule has 0 bridgehead atoms. The van der Waals surface area contributed by atoms with E-state index in [-0.39, 0.29) is 0 Å². The van der Waals surface area contributed by atoms with Gasteiger partial charge in [-0.1, -0.05) is 25.6 Å². The molecule has 0 amide bonds. The fraction of sp³-hybridized carbons (Fsp3) is 0.917. The Balaban J connectivity index is 1.75. The van der Waals surface area contributed by atoms with Crippen molar-refractivity contribution in [3.63, 3.8) is 0 Å². The summed E-state index contributed by atoms with van der Waals surface area (Å²) in [4.78, 5) is 4.67. The Hall–Kier alpha value is -0.220. The van der Waals surface area contributed by atoms with Crippen LogP contribution in [0.3, 0.4) is 0 Å². The highest BCUT2D eigenvalue weighted by Crippen LogP contribution is 2.20. The fourth-order valence-electron chi connectivity index (χ4n) is 2.02. The molecule has 2 rings (SSSR count). The fourth-order valence-corrected chi connectivity index (χ4v) is 3.23. The Morgan fingerprint density at radius 3 is 3.06 bits per heavy atom. The van der Waals surface area contributed by atoms with Gasteiger partial charge in [-0.3, -0.25) is 4.99 Å². The first-order valence-corrected chi connectivity index (χ1v) is 7.26. The van der Waals surface area contributed by atoms with Crippen molar-refractivity contribution in [1.82, 2.24) is 5.32 Å². The normalized spacial score (nSPS) is 33.3. The quantitative estimate of drug-likeness (QED) is 0.823. The van der Waals surface area contributed by atoms with Gasteiger partial charge in [-0.15, -0.1) is 0 Å². The average molecular weight is 242 g/mol. The van der Waals surface area contributed by atoms with E-state index in [1.165, 1.54) is 12.8 Å². The SMILES string of the molecule is CC(C)[C@H]1CSC(=NCC2CCCOC2)N1. The van der Waals surface area contributed by atoms with Gasteiger partial charge in [0.05, 0.1) is 6.61 Å². The van der Waals surface area contributed by atoms with Crippen LogP contribution < -0.4 is 5.32 Å². The largest absolute Gasteiger partial charge is 0.381 e. The molecule has 2 fully saturated rings. The number of aliphatic imine (C=N–C) groups is 1. The zero-order valence-electron chi connectivity index (χ0n) is 10.2. The lowest BCUT2D eigenvalue weighted by atomic mass is 10.0. The van der Waals surface area contributed by atoms with E-state index >= 15 is 0 Å².